The Morgan fingerprint density at radius 3 is 2.65 bits per heavy atom. The minimum atomic E-state index is 0.234. The molecular weight excluding hydrogens is 208 g/mol. The smallest absolute Gasteiger partial charge is 0.226 e. The highest BCUT2D eigenvalue weighted by atomic mass is 14.7. The van der Waals surface area contributed by atoms with Crippen LogP contribution in [0.2, 0.25) is 0 Å². The normalized spacial score (nSPS) is 17.6. The Morgan fingerprint density at radius 2 is 2.00 bits per heavy atom. The van der Waals surface area contributed by atoms with Crippen molar-refractivity contribution in [3.8, 4) is 6.07 Å². The molecule has 2 heteroatoms. The van der Waals surface area contributed by atoms with Gasteiger partial charge in [0.2, 0.25) is 0 Å². The first-order chi connectivity index (χ1) is 8.35. The second-order valence-corrected chi connectivity index (χ2v) is 3.99. The molecule has 0 aliphatic heterocycles. The predicted octanol–water partition coefficient (Wildman–Crippen LogP) is 3.95. The van der Waals surface area contributed by atoms with Crippen molar-refractivity contribution in [2.75, 3.05) is 0 Å². The average Bonchev–Trinajstić information content (AvgIpc) is 2.42. The van der Waals surface area contributed by atoms with Gasteiger partial charge >= 0.3 is 0 Å². The summed E-state index contributed by atoms with van der Waals surface area (Å²) in [7, 11) is 0. The average molecular weight is 220 g/mol. The van der Waals surface area contributed by atoms with Crippen molar-refractivity contribution in [1.29, 1.82) is 5.26 Å². The Hall–Kier alpha value is -2.32. The van der Waals surface area contributed by atoms with E-state index in [9.17, 15) is 0 Å². The van der Waals surface area contributed by atoms with Crippen molar-refractivity contribution >= 4 is 5.57 Å². The van der Waals surface area contributed by atoms with Crippen LogP contribution in [-0.2, 0) is 0 Å². The van der Waals surface area contributed by atoms with E-state index in [1.165, 1.54) is 11.1 Å². The monoisotopic (exact) mass is 220 g/mol. The van der Waals surface area contributed by atoms with Crippen molar-refractivity contribution in [2.45, 2.75) is 19.3 Å². The fraction of sp³-hybridized carbons (Fsp3) is 0.200. The van der Waals surface area contributed by atoms with Crippen molar-refractivity contribution < 1.29 is 0 Å². The van der Waals surface area contributed by atoms with E-state index in [0.29, 0.717) is 0 Å². The van der Waals surface area contributed by atoms with Crippen LogP contribution in [0.15, 0.2) is 47.7 Å². The minimum absolute atomic E-state index is 0.234. The number of rotatable bonds is 1. The van der Waals surface area contributed by atoms with Crippen molar-refractivity contribution in [1.82, 2.24) is 0 Å². The minimum Gasteiger partial charge on any atom is -0.226 e. The highest BCUT2D eigenvalue weighted by Crippen LogP contribution is 2.31. The molecule has 0 fully saturated rings. The van der Waals surface area contributed by atoms with Crippen LogP contribution in [0.5, 0.6) is 0 Å². The van der Waals surface area contributed by atoms with Gasteiger partial charge in [-0.15, -0.1) is 0 Å². The van der Waals surface area contributed by atoms with Crippen LogP contribution in [0, 0.1) is 17.9 Å². The number of nitriles is 1. The fourth-order valence-electron chi connectivity index (χ4n) is 2.06. The number of allylic oxidation sites excluding steroid dienone is 4. The van der Waals surface area contributed by atoms with Gasteiger partial charge in [-0.1, -0.05) is 36.4 Å². The van der Waals surface area contributed by atoms with E-state index in [0.717, 1.165) is 24.8 Å². The molecule has 1 aliphatic carbocycles. The predicted molar refractivity (Wildman–Crippen MR) is 67.5 cm³/mol. The lowest BCUT2D eigenvalue weighted by Crippen LogP contribution is -1.96. The Balaban J connectivity index is 2.42. The summed E-state index contributed by atoms with van der Waals surface area (Å²) in [6, 6.07) is 12.1. The molecule has 0 heterocycles. The summed E-state index contributed by atoms with van der Waals surface area (Å²) in [5, 5.41) is 8.88. The molecule has 0 aromatic heterocycles. The lowest BCUT2D eigenvalue weighted by atomic mass is 9.90. The van der Waals surface area contributed by atoms with Crippen molar-refractivity contribution in [3.63, 3.8) is 0 Å². The van der Waals surface area contributed by atoms with Gasteiger partial charge in [-0.3, -0.25) is 0 Å². The molecule has 17 heavy (non-hydrogen) atoms. The zero-order valence-electron chi connectivity index (χ0n) is 9.48. The molecule has 0 spiro atoms. The summed E-state index contributed by atoms with van der Waals surface area (Å²) in [4.78, 5) is 3.28. The van der Waals surface area contributed by atoms with Crippen LogP contribution in [0.1, 0.15) is 24.8 Å². The van der Waals surface area contributed by atoms with E-state index in [-0.39, 0.29) is 5.70 Å². The molecule has 1 aromatic rings. The highest BCUT2D eigenvalue weighted by molar-refractivity contribution is 5.70. The first kappa shape index (κ1) is 11.2. The number of benzene rings is 1. The Morgan fingerprint density at radius 1 is 1.24 bits per heavy atom. The Kier molecular flexibility index (Phi) is 3.38. The summed E-state index contributed by atoms with van der Waals surface area (Å²) in [5.74, 6) is 0. The Bertz CT molecular complexity index is 535. The molecule has 0 unspecified atom stereocenters. The summed E-state index contributed by atoms with van der Waals surface area (Å²) >= 11 is 0. The molecule has 0 amide bonds. The van der Waals surface area contributed by atoms with Gasteiger partial charge in [0.05, 0.1) is 12.6 Å². The standard InChI is InChI=1S/C15H12N2/c1-17-15(11-16)14-9-5-8-13(10-14)12-6-3-2-4-7-12/h2-4,6-7,10H,5,8-9H2/b15-14+. The Labute approximate surface area is 101 Å². The lowest BCUT2D eigenvalue weighted by Gasteiger charge is -2.15. The van der Waals surface area contributed by atoms with Crippen molar-refractivity contribution in [3.05, 3.63) is 64.7 Å². The fourth-order valence-corrected chi connectivity index (χ4v) is 2.06. The zero-order valence-corrected chi connectivity index (χ0v) is 9.48. The lowest BCUT2D eigenvalue weighted by molar-refractivity contribution is 0.831. The number of hydrogen-bond donors (Lipinski definition) is 0. The maximum Gasteiger partial charge on any atom is 0.265 e. The van der Waals surface area contributed by atoms with Gasteiger partial charge in [0.1, 0.15) is 0 Å². The van der Waals surface area contributed by atoms with Crippen LogP contribution in [0.3, 0.4) is 0 Å². The first-order valence-electron chi connectivity index (χ1n) is 5.62. The summed E-state index contributed by atoms with van der Waals surface area (Å²) in [6.07, 6.45) is 4.87. The molecule has 2 nitrogen and oxygen atoms in total. The van der Waals surface area contributed by atoms with E-state index in [1.807, 2.05) is 30.3 Å². The molecule has 0 atom stereocenters. The highest BCUT2D eigenvalue weighted by Gasteiger charge is 2.12. The van der Waals surface area contributed by atoms with Crippen LogP contribution in [0.4, 0.5) is 0 Å². The molecule has 0 saturated heterocycles. The van der Waals surface area contributed by atoms with Gasteiger partial charge < -0.3 is 0 Å². The number of nitrogens with zero attached hydrogens (tertiary/aromatic N) is 2. The van der Waals surface area contributed by atoms with Crippen LogP contribution in [0.25, 0.3) is 10.4 Å². The third-order valence-corrected chi connectivity index (χ3v) is 2.91. The molecule has 0 bridgehead atoms. The van der Waals surface area contributed by atoms with E-state index in [1.54, 1.807) is 0 Å². The molecule has 0 N–H and O–H groups in total. The third-order valence-electron chi connectivity index (χ3n) is 2.91. The molecule has 82 valence electrons. The zero-order chi connectivity index (χ0) is 12.1. The molecule has 0 radical (unpaired) electrons. The van der Waals surface area contributed by atoms with Crippen molar-refractivity contribution in [2.24, 2.45) is 0 Å². The van der Waals surface area contributed by atoms with Gasteiger partial charge in [0, 0.05) is 0 Å². The van der Waals surface area contributed by atoms with Crippen LogP contribution < -0.4 is 0 Å². The van der Waals surface area contributed by atoms with Gasteiger partial charge in [0.15, 0.2) is 0 Å². The summed E-state index contributed by atoms with van der Waals surface area (Å²) < 4.78 is 0. The first-order valence-corrected chi connectivity index (χ1v) is 5.62. The van der Waals surface area contributed by atoms with Gasteiger partial charge in [-0.25, -0.2) is 10.1 Å². The van der Waals surface area contributed by atoms with Gasteiger partial charge in [-0.05, 0) is 36.0 Å². The van der Waals surface area contributed by atoms with E-state index in [2.05, 4.69) is 17.0 Å². The number of hydrogen-bond acceptors (Lipinski definition) is 1. The van der Waals surface area contributed by atoms with Crippen LogP contribution in [-0.4, -0.2) is 0 Å². The van der Waals surface area contributed by atoms with Gasteiger partial charge in [0.25, 0.3) is 5.70 Å². The summed E-state index contributed by atoms with van der Waals surface area (Å²) in [6.45, 7) is 6.98. The molecule has 1 aromatic carbocycles. The molecule has 0 saturated carbocycles. The second-order valence-electron chi connectivity index (χ2n) is 3.99. The largest absolute Gasteiger partial charge is 0.265 e. The molecular formula is C15H12N2. The SMILES string of the molecule is [C-]#[N+]/C(C#N)=C1/C=C(c2ccccc2)CCC1. The summed E-state index contributed by atoms with van der Waals surface area (Å²) in [5.41, 5.74) is 3.53. The maximum absolute atomic E-state index is 8.88. The quantitative estimate of drug-likeness (QED) is 0.520. The second kappa shape index (κ2) is 5.14. The maximum atomic E-state index is 8.88. The van der Waals surface area contributed by atoms with E-state index >= 15 is 0 Å². The van der Waals surface area contributed by atoms with E-state index in [4.69, 9.17) is 11.8 Å². The molecule has 1 aliphatic rings. The molecule has 2 rings (SSSR count). The third kappa shape index (κ3) is 2.44. The van der Waals surface area contributed by atoms with E-state index < -0.39 is 0 Å². The van der Waals surface area contributed by atoms with Crippen LogP contribution >= 0.6 is 0 Å². The topological polar surface area (TPSA) is 28.1 Å². The van der Waals surface area contributed by atoms with Gasteiger partial charge in [-0.2, -0.15) is 0 Å².